The van der Waals surface area contributed by atoms with Crippen LogP contribution in [0.3, 0.4) is 0 Å². The second kappa shape index (κ2) is 5.24. The van der Waals surface area contributed by atoms with Gasteiger partial charge in [-0.25, -0.2) is 0 Å². The van der Waals surface area contributed by atoms with Crippen molar-refractivity contribution in [2.75, 3.05) is 18.0 Å². The molecule has 0 radical (unpaired) electrons. The van der Waals surface area contributed by atoms with Gasteiger partial charge in [0.05, 0.1) is 6.10 Å². The molecule has 0 spiro atoms. The summed E-state index contributed by atoms with van der Waals surface area (Å²) in [6.07, 6.45) is 7.91. The number of aromatic nitrogens is 1. The fourth-order valence-corrected chi connectivity index (χ4v) is 2.92. The van der Waals surface area contributed by atoms with Gasteiger partial charge in [0.2, 0.25) is 0 Å². The summed E-state index contributed by atoms with van der Waals surface area (Å²) in [6.45, 7) is 2.22. The molecule has 0 unspecified atom stereocenters. The number of hydrogen-bond acceptors (Lipinski definition) is 4. The summed E-state index contributed by atoms with van der Waals surface area (Å²) in [6, 6.07) is 5.34. The van der Waals surface area contributed by atoms with Crippen molar-refractivity contribution in [1.82, 2.24) is 10.3 Å². The first-order valence-electron chi connectivity index (χ1n) is 6.90. The van der Waals surface area contributed by atoms with Gasteiger partial charge in [-0.3, -0.25) is 4.98 Å². The second-order valence-electron chi connectivity index (χ2n) is 5.46. The molecule has 4 nitrogen and oxygen atoms in total. The van der Waals surface area contributed by atoms with Crippen LogP contribution in [0, 0.1) is 0 Å². The van der Waals surface area contributed by atoms with Gasteiger partial charge in [-0.2, -0.15) is 0 Å². The molecule has 0 aromatic carbocycles. The number of anilines is 1. The Balaban J connectivity index is 1.46. The van der Waals surface area contributed by atoms with Crippen molar-refractivity contribution in [3.8, 4) is 0 Å². The molecule has 98 valence electrons. The predicted octanol–water partition coefficient (Wildman–Crippen LogP) is 1.16. The molecular weight excluding hydrogens is 226 g/mol. The van der Waals surface area contributed by atoms with Crippen LogP contribution in [-0.4, -0.2) is 41.4 Å². The molecule has 0 atom stereocenters. The highest BCUT2D eigenvalue weighted by atomic mass is 16.3. The van der Waals surface area contributed by atoms with E-state index in [2.05, 4.69) is 27.3 Å². The Morgan fingerprint density at radius 1 is 1.11 bits per heavy atom. The molecule has 4 heteroatoms. The molecular formula is C14H21N3O. The Bertz CT molecular complexity index is 370. The van der Waals surface area contributed by atoms with Gasteiger partial charge in [0.1, 0.15) is 0 Å². The molecule has 1 aromatic rings. The molecule has 1 saturated carbocycles. The van der Waals surface area contributed by atoms with Gasteiger partial charge in [0, 0.05) is 43.3 Å². The van der Waals surface area contributed by atoms with Crippen molar-refractivity contribution in [1.29, 1.82) is 0 Å². The first kappa shape index (κ1) is 11.9. The largest absolute Gasteiger partial charge is 0.393 e. The van der Waals surface area contributed by atoms with E-state index in [-0.39, 0.29) is 6.10 Å². The van der Waals surface area contributed by atoms with Gasteiger partial charge in [-0.05, 0) is 37.8 Å². The smallest absolute Gasteiger partial charge is 0.0570 e. The molecule has 0 bridgehead atoms. The lowest BCUT2D eigenvalue weighted by Gasteiger charge is -2.39. The van der Waals surface area contributed by atoms with Crippen LogP contribution >= 0.6 is 0 Å². The number of aliphatic hydroxyl groups excluding tert-OH is 1. The summed E-state index contributed by atoms with van der Waals surface area (Å²) in [5.41, 5.74) is 1.28. The molecule has 0 amide bonds. The third kappa shape index (κ3) is 2.65. The van der Waals surface area contributed by atoms with Crippen molar-refractivity contribution < 1.29 is 5.11 Å². The molecule has 2 N–H and O–H groups in total. The first-order chi connectivity index (χ1) is 8.81. The summed E-state index contributed by atoms with van der Waals surface area (Å²) >= 11 is 0. The summed E-state index contributed by atoms with van der Waals surface area (Å²) < 4.78 is 0. The highest BCUT2D eigenvalue weighted by Gasteiger charge is 2.30. The standard InChI is InChI=1S/C14H21N3O/c18-14-9-12(10-14)16-11-3-7-17(8-4-11)13-1-5-15-6-2-13/h1-2,5-6,11-12,14,16,18H,3-4,7-10H2. The lowest BCUT2D eigenvalue weighted by molar-refractivity contribution is 0.0562. The minimum absolute atomic E-state index is 0.0561. The number of nitrogens with zero attached hydrogens (tertiary/aromatic N) is 2. The van der Waals surface area contributed by atoms with E-state index in [0.717, 1.165) is 25.9 Å². The lowest BCUT2D eigenvalue weighted by Crippen LogP contribution is -2.51. The van der Waals surface area contributed by atoms with Crippen LogP contribution in [0.1, 0.15) is 25.7 Å². The maximum absolute atomic E-state index is 9.28. The van der Waals surface area contributed by atoms with Gasteiger partial charge in [-0.1, -0.05) is 0 Å². The molecule has 1 aliphatic carbocycles. The highest BCUT2D eigenvalue weighted by molar-refractivity contribution is 5.44. The van der Waals surface area contributed by atoms with Crippen LogP contribution in [0.2, 0.25) is 0 Å². The number of rotatable bonds is 3. The Morgan fingerprint density at radius 2 is 1.78 bits per heavy atom. The van der Waals surface area contributed by atoms with Gasteiger partial charge >= 0.3 is 0 Å². The average Bonchev–Trinajstić information content (AvgIpc) is 2.39. The zero-order chi connectivity index (χ0) is 12.4. The third-order valence-electron chi connectivity index (χ3n) is 4.11. The van der Waals surface area contributed by atoms with E-state index in [0.29, 0.717) is 12.1 Å². The van der Waals surface area contributed by atoms with Gasteiger partial charge in [0.25, 0.3) is 0 Å². The SMILES string of the molecule is OC1CC(NC2CCN(c3ccncc3)CC2)C1. The number of hydrogen-bond donors (Lipinski definition) is 2. The number of aliphatic hydroxyl groups is 1. The van der Waals surface area contributed by atoms with Gasteiger partial charge in [-0.15, -0.1) is 0 Å². The van der Waals surface area contributed by atoms with E-state index in [1.165, 1.54) is 18.5 Å². The van der Waals surface area contributed by atoms with Crippen LogP contribution in [0.15, 0.2) is 24.5 Å². The third-order valence-corrected chi connectivity index (χ3v) is 4.11. The first-order valence-corrected chi connectivity index (χ1v) is 6.90. The maximum Gasteiger partial charge on any atom is 0.0570 e. The summed E-state index contributed by atoms with van der Waals surface area (Å²) in [7, 11) is 0. The van der Waals surface area contributed by atoms with Crippen molar-refractivity contribution >= 4 is 5.69 Å². The monoisotopic (exact) mass is 247 g/mol. The summed E-state index contributed by atoms with van der Waals surface area (Å²) in [5.74, 6) is 0. The van der Waals surface area contributed by atoms with Crippen LogP contribution in [-0.2, 0) is 0 Å². The average molecular weight is 247 g/mol. The summed E-state index contributed by atoms with van der Waals surface area (Å²) in [5, 5.41) is 12.9. The molecule has 3 rings (SSSR count). The van der Waals surface area contributed by atoms with Crippen LogP contribution < -0.4 is 10.2 Å². The molecule has 2 aliphatic rings. The van der Waals surface area contributed by atoms with E-state index in [1.807, 2.05) is 12.4 Å². The van der Waals surface area contributed by atoms with Crippen molar-refractivity contribution in [3.63, 3.8) is 0 Å². The Morgan fingerprint density at radius 3 is 2.39 bits per heavy atom. The Labute approximate surface area is 108 Å². The Hall–Kier alpha value is -1.13. The minimum atomic E-state index is -0.0561. The minimum Gasteiger partial charge on any atom is -0.393 e. The van der Waals surface area contributed by atoms with Gasteiger partial charge < -0.3 is 15.3 Å². The fourth-order valence-electron chi connectivity index (χ4n) is 2.92. The molecule has 1 aromatic heterocycles. The number of piperidine rings is 1. The van der Waals surface area contributed by atoms with Gasteiger partial charge in [0.15, 0.2) is 0 Å². The predicted molar refractivity (Wildman–Crippen MR) is 71.6 cm³/mol. The van der Waals surface area contributed by atoms with Crippen LogP contribution in [0.4, 0.5) is 5.69 Å². The van der Waals surface area contributed by atoms with E-state index < -0.39 is 0 Å². The highest BCUT2D eigenvalue weighted by Crippen LogP contribution is 2.23. The maximum atomic E-state index is 9.28. The number of nitrogens with one attached hydrogen (secondary N) is 1. The zero-order valence-corrected chi connectivity index (χ0v) is 10.6. The van der Waals surface area contributed by atoms with Crippen molar-refractivity contribution in [3.05, 3.63) is 24.5 Å². The van der Waals surface area contributed by atoms with E-state index in [4.69, 9.17) is 0 Å². The molecule has 18 heavy (non-hydrogen) atoms. The fraction of sp³-hybridized carbons (Fsp3) is 0.643. The van der Waals surface area contributed by atoms with Crippen molar-refractivity contribution in [2.24, 2.45) is 0 Å². The summed E-state index contributed by atoms with van der Waals surface area (Å²) in [4.78, 5) is 6.48. The number of pyridine rings is 1. The second-order valence-corrected chi connectivity index (χ2v) is 5.46. The molecule has 2 fully saturated rings. The van der Waals surface area contributed by atoms with Crippen LogP contribution in [0.25, 0.3) is 0 Å². The Kier molecular flexibility index (Phi) is 3.48. The molecule has 1 aliphatic heterocycles. The normalized spacial score (nSPS) is 29.1. The van der Waals surface area contributed by atoms with E-state index >= 15 is 0 Å². The van der Waals surface area contributed by atoms with E-state index in [9.17, 15) is 5.11 Å². The molecule has 2 heterocycles. The molecule has 1 saturated heterocycles. The zero-order valence-electron chi connectivity index (χ0n) is 10.6. The topological polar surface area (TPSA) is 48.4 Å². The van der Waals surface area contributed by atoms with Crippen LogP contribution in [0.5, 0.6) is 0 Å². The van der Waals surface area contributed by atoms with Crippen molar-refractivity contribution in [2.45, 2.75) is 43.9 Å². The quantitative estimate of drug-likeness (QED) is 0.841. The van der Waals surface area contributed by atoms with E-state index in [1.54, 1.807) is 0 Å². The lowest BCUT2D eigenvalue weighted by atomic mass is 9.88.